The van der Waals surface area contributed by atoms with Crippen LogP contribution in [-0.4, -0.2) is 11.1 Å². The Labute approximate surface area is 190 Å². The molecule has 0 spiro atoms. The summed E-state index contributed by atoms with van der Waals surface area (Å²) in [6, 6.07) is 0. The summed E-state index contributed by atoms with van der Waals surface area (Å²) in [7, 11) is 0. The number of unbranched alkanes of at least 4 members (excludes halogenated alkanes) is 16. The van der Waals surface area contributed by atoms with Crippen molar-refractivity contribution in [3.05, 3.63) is 0 Å². The van der Waals surface area contributed by atoms with E-state index in [2.05, 4.69) is 20.8 Å². The van der Waals surface area contributed by atoms with Crippen LogP contribution in [0.4, 0.5) is 0 Å². The summed E-state index contributed by atoms with van der Waals surface area (Å²) in [6.07, 6.45) is 28.5. The maximum Gasteiger partial charge on any atom is 0.303 e. The number of rotatable bonds is 24. The first kappa shape index (κ1) is 29.5. The van der Waals surface area contributed by atoms with E-state index in [-0.39, 0.29) is 0 Å². The van der Waals surface area contributed by atoms with Gasteiger partial charge < -0.3 is 5.11 Å². The van der Waals surface area contributed by atoms with Gasteiger partial charge in [0.2, 0.25) is 0 Å². The summed E-state index contributed by atoms with van der Waals surface area (Å²) in [5.41, 5.74) is 0. The Balaban J connectivity index is 3.84. The summed E-state index contributed by atoms with van der Waals surface area (Å²) in [5.74, 6) is 0.671. The maximum absolute atomic E-state index is 11.1. The van der Waals surface area contributed by atoms with Gasteiger partial charge in [0.05, 0.1) is 0 Å². The lowest BCUT2D eigenvalue weighted by Gasteiger charge is -2.24. The lowest BCUT2D eigenvalue weighted by Crippen LogP contribution is -2.14. The molecule has 0 heterocycles. The van der Waals surface area contributed by atoms with Crippen LogP contribution in [0.25, 0.3) is 0 Å². The SMILES string of the molecule is CCCCCCCCCCCCC(C)C(CCCCCCCCCC)CCC(=O)O. The van der Waals surface area contributed by atoms with Crippen molar-refractivity contribution in [3.63, 3.8) is 0 Å². The largest absolute Gasteiger partial charge is 0.481 e. The fraction of sp³-hybridized carbons (Fsp3) is 0.964. The molecule has 2 unspecified atom stereocenters. The molecule has 0 aromatic rings. The lowest BCUT2D eigenvalue weighted by atomic mass is 9.82. The maximum atomic E-state index is 11.1. The number of hydrogen-bond acceptors (Lipinski definition) is 1. The van der Waals surface area contributed by atoms with Crippen molar-refractivity contribution in [3.8, 4) is 0 Å². The van der Waals surface area contributed by atoms with Gasteiger partial charge in [0.15, 0.2) is 0 Å². The second kappa shape index (κ2) is 23.1. The van der Waals surface area contributed by atoms with E-state index in [1.54, 1.807) is 0 Å². The molecule has 0 amide bonds. The summed E-state index contributed by atoms with van der Waals surface area (Å²) in [4.78, 5) is 11.1. The molecule has 180 valence electrons. The van der Waals surface area contributed by atoms with Crippen LogP contribution >= 0.6 is 0 Å². The number of carboxylic acid groups (broad SMARTS) is 1. The van der Waals surface area contributed by atoms with Crippen molar-refractivity contribution < 1.29 is 9.90 Å². The number of carboxylic acids is 1. The highest BCUT2D eigenvalue weighted by Gasteiger charge is 2.18. The third-order valence-electron chi connectivity index (χ3n) is 6.98. The Bertz CT molecular complexity index is 353. The van der Waals surface area contributed by atoms with E-state index in [1.807, 2.05) is 0 Å². The fourth-order valence-corrected chi connectivity index (χ4v) is 4.75. The van der Waals surface area contributed by atoms with Crippen LogP contribution in [0.15, 0.2) is 0 Å². The highest BCUT2D eigenvalue weighted by molar-refractivity contribution is 5.66. The van der Waals surface area contributed by atoms with Crippen LogP contribution in [0.2, 0.25) is 0 Å². The smallest absolute Gasteiger partial charge is 0.303 e. The Hall–Kier alpha value is -0.530. The number of carbonyl (C=O) groups is 1. The molecule has 0 rings (SSSR count). The predicted molar refractivity (Wildman–Crippen MR) is 133 cm³/mol. The van der Waals surface area contributed by atoms with Crippen molar-refractivity contribution in [2.24, 2.45) is 11.8 Å². The molecule has 0 aliphatic heterocycles. The van der Waals surface area contributed by atoms with Gasteiger partial charge in [-0.05, 0) is 18.3 Å². The van der Waals surface area contributed by atoms with Gasteiger partial charge in [-0.3, -0.25) is 4.79 Å². The molecule has 0 radical (unpaired) electrons. The molecule has 2 atom stereocenters. The zero-order valence-corrected chi connectivity index (χ0v) is 21.1. The van der Waals surface area contributed by atoms with Gasteiger partial charge in [0.25, 0.3) is 0 Å². The normalized spacial score (nSPS) is 13.4. The molecule has 0 fully saturated rings. The van der Waals surface area contributed by atoms with Crippen molar-refractivity contribution in [2.45, 2.75) is 162 Å². The molecule has 0 saturated carbocycles. The van der Waals surface area contributed by atoms with Crippen LogP contribution < -0.4 is 0 Å². The molecule has 1 N–H and O–H groups in total. The van der Waals surface area contributed by atoms with Gasteiger partial charge in [-0.25, -0.2) is 0 Å². The van der Waals surface area contributed by atoms with Gasteiger partial charge in [0.1, 0.15) is 0 Å². The van der Waals surface area contributed by atoms with Crippen LogP contribution in [0, 0.1) is 11.8 Å². The van der Waals surface area contributed by atoms with Crippen molar-refractivity contribution in [1.82, 2.24) is 0 Å². The Morgan fingerprint density at radius 3 is 1.33 bits per heavy atom. The molecule has 2 nitrogen and oxygen atoms in total. The minimum absolute atomic E-state index is 0.351. The Morgan fingerprint density at radius 1 is 0.567 bits per heavy atom. The van der Waals surface area contributed by atoms with E-state index in [0.29, 0.717) is 18.3 Å². The predicted octanol–water partition coefficient (Wildman–Crippen LogP) is 9.95. The first-order chi connectivity index (χ1) is 14.6. The zero-order chi connectivity index (χ0) is 22.3. The van der Waals surface area contributed by atoms with Crippen molar-refractivity contribution >= 4 is 5.97 Å². The fourth-order valence-electron chi connectivity index (χ4n) is 4.75. The van der Waals surface area contributed by atoms with Crippen molar-refractivity contribution in [1.29, 1.82) is 0 Å². The van der Waals surface area contributed by atoms with Gasteiger partial charge in [-0.1, -0.05) is 149 Å². The molecule has 0 aliphatic carbocycles. The molecule has 0 saturated heterocycles. The molecule has 30 heavy (non-hydrogen) atoms. The molecule has 0 bridgehead atoms. The van der Waals surface area contributed by atoms with Crippen LogP contribution in [0.1, 0.15) is 162 Å². The average Bonchev–Trinajstić information content (AvgIpc) is 2.73. The highest BCUT2D eigenvalue weighted by Crippen LogP contribution is 2.28. The summed E-state index contributed by atoms with van der Waals surface area (Å²) >= 11 is 0. The first-order valence-corrected chi connectivity index (χ1v) is 13.8. The van der Waals surface area contributed by atoms with Gasteiger partial charge in [-0.15, -0.1) is 0 Å². The van der Waals surface area contributed by atoms with E-state index in [4.69, 9.17) is 5.11 Å². The Morgan fingerprint density at radius 2 is 0.933 bits per heavy atom. The Kier molecular flexibility index (Phi) is 22.7. The van der Waals surface area contributed by atoms with Crippen LogP contribution in [-0.2, 0) is 4.79 Å². The summed E-state index contributed by atoms with van der Waals surface area (Å²) < 4.78 is 0. The second-order valence-corrected chi connectivity index (χ2v) is 9.90. The van der Waals surface area contributed by atoms with Crippen LogP contribution in [0.3, 0.4) is 0 Å². The summed E-state index contributed by atoms with van der Waals surface area (Å²) in [6.45, 7) is 6.93. The van der Waals surface area contributed by atoms with Gasteiger partial charge in [0, 0.05) is 6.42 Å². The molecule has 0 aromatic heterocycles. The topological polar surface area (TPSA) is 37.3 Å². The molecular formula is C28H56O2. The third kappa shape index (κ3) is 20.7. The minimum Gasteiger partial charge on any atom is -0.481 e. The standard InChI is InChI=1S/C28H56O2/c1-4-6-8-10-12-14-15-16-18-20-22-26(3)27(24-25-28(29)30)23-21-19-17-13-11-9-7-5-2/h26-27H,4-25H2,1-3H3,(H,29,30). The molecule has 2 heteroatoms. The molecular weight excluding hydrogens is 368 g/mol. The molecule has 0 aliphatic rings. The van der Waals surface area contributed by atoms with Crippen LogP contribution in [0.5, 0.6) is 0 Å². The number of aliphatic carboxylic acids is 1. The monoisotopic (exact) mass is 424 g/mol. The van der Waals surface area contributed by atoms with E-state index in [9.17, 15) is 4.79 Å². The van der Waals surface area contributed by atoms with E-state index < -0.39 is 5.97 Å². The second-order valence-electron chi connectivity index (χ2n) is 9.90. The summed E-state index contributed by atoms with van der Waals surface area (Å²) in [5, 5.41) is 9.12. The average molecular weight is 425 g/mol. The van der Waals surface area contributed by atoms with Gasteiger partial charge >= 0.3 is 5.97 Å². The first-order valence-electron chi connectivity index (χ1n) is 13.8. The lowest BCUT2D eigenvalue weighted by molar-refractivity contribution is -0.137. The van der Waals surface area contributed by atoms with Crippen molar-refractivity contribution in [2.75, 3.05) is 0 Å². The zero-order valence-electron chi connectivity index (χ0n) is 21.1. The van der Waals surface area contributed by atoms with E-state index >= 15 is 0 Å². The van der Waals surface area contributed by atoms with E-state index in [1.165, 1.54) is 128 Å². The van der Waals surface area contributed by atoms with E-state index in [0.717, 1.165) is 6.42 Å². The van der Waals surface area contributed by atoms with Gasteiger partial charge in [-0.2, -0.15) is 0 Å². The quantitative estimate of drug-likeness (QED) is 0.156. The number of hydrogen-bond donors (Lipinski definition) is 1. The minimum atomic E-state index is -0.623. The molecule has 0 aromatic carbocycles. The highest BCUT2D eigenvalue weighted by atomic mass is 16.4. The third-order valence-corrected chi connectivity index (χ3v) is 6.98.